The molecule has 7 heteroatoms. The van der Waals surface area contributed by atoms with Gasteiger partial charge < -0.3 is 15.5 Å². The molecule has 0 aliphatic heterocycles. The fourth-order valence-corrected chi connectivity index (χ4v) is 0.725. The Hall–Kier alpha value is -1.66. The number of carbonyl (C=O) groups is 1. The van der Waals surface area contributed by atoms with Gasteiger partial charge in [0.15, 0.2) is 0 Å². The molecule has 0 aromatic carbocycles. The summed E-state index contributed by atoms with van der Waals surface area (Å²) in [7, 11) is 0. The van der Waals surface area contributed by atoms with Gasteiger partial charge in [-0.2, -0.15) is 0 Å². The van der Waals surface area contributed by atoms with Crippen molar-refractivity contribution in [1.29, 1.82) is 0 Å². The summed E-state index contributed by atoms with van der Waals surface area (Å²) >= 11 is 0. The maximum Gasteiger partial charge on any atom is 0.349 e. The number of carboxylic acids is 1. The summed E-state index contributed by atoms with van der Waals surface area (Å²) < 4.78 is 0. The molecule has 7 nitrogen and oxygen atoms in total. The van der Waals surface area contributed by atoms with Gasteiger partial charge in [0.05, 0.1) is 0 Å². The highest BCUT2D eigenvalue weighted by atomic mass is 16.6. The summed E-state index contributed by atoms with van der Waals surface area (Å²) in [6.07, 6.45) is 0.514. The Morgan fingerprint density at radius 2 is 2.08 bits per heavy atom. The average Bonchev–Trinajstić information content (AvgIpc) is 2.03. The van der Waals surface area contributed by atoms with E-state index in [1.165, 1.54) is 0 Å². The number of rotatable bonds is 6. The van der Waals surface area contributed by atoms with E-state index >= 15 is 0 Å². The summed E-state index contributed by atoms with van der Waals surface area (Å²) in [5.41, 5.74) is -0.483. The third-order valence-corrected chi connectivity index (χ3v) is 1.36. The molecule has 0 aromatic heterocycles. The quantitative estimate of drug-likeness (QED) is 0.282. The van der Waals surface area contributed by atoms with Crippen LogP contribution in [0.1, 0.15) is 19.3 Å². The number of carboxylic acid groups (broad SMARTS) is 1. The van der Waals surface area contributed by atoms with E-state index in [1.807, 2.05) is 0 Å². The molecule has 0 aromatic rings. The lowest BCUT2D eigenvalue weighted by Gasteiger charge is -2.01. The van der Waals surface area contributed by atoms with Gasteiger partial charge in [-0.25, -0.2) is 4.79 Å². The Morgan fingerprint density at radius 3 is 2.46 bits per heavy atom. The van der Waals surface area contributed by atoms with Gasteiger partial charge in [0.1, 0.15) is 5.71 Å². The van der Waals surface area contributed by atoms with E-state index in [9.17, 15) is 20.1 Å². The number of nitro groups is 1. The van der Waals surface area contributed by atoms with Crippen molar-refractivity contribution < 1.29 is 14.8 Å². The fraction of sp³-hybridized carbons (Fsp3) is 0.667. The number of hydrogen-bond donors (Lipinski definition) is 1. The van der Waals surface area contributed by atoms with Crippen molar-refractivity contribution in [3.63, 3.8) is 0 Å². The molecule has 0 amide bonds. The van der Waals surface area contributed by atoms with Crippen LogP contribution in [0.3, 0.4) is 0 Å². The third-order valence-electron chi connectivity index (χ3n) is 1.36. The molecule has 0 fully saturated rings. The van der Waals surface area contributed by atoms with Crippen molar-refractivity contribution in [1.82, 2.24) is 0 Å². The van der Waals surface area contributed by atoms with Crippen molar-refractivity contribution in [3.8, 4) is 0 Å². The van der Waals surface area contributed by atoms with E-state index in [2.05, 4.69) is 5.16 Å². The normalized spacial score (nSPS) is 11.2. The monoisotopic (exact) mass is 189 g/mol. The third kappa shape index (κ3) is 5.59. The van der Waals surface area contributed by atoms with Crippen LogP contribution in [0.4, 0.5) is 0 Å². The van der Waals surface area contributed by atoms with Gasteiger partial charge in [-0.3, -0.25) is 10.1 Å². The zero-order chi connectivity index (χ0) is 10.3. The Morgan fingerprint density at radius 1 is 1.46 bits per heavy atom. The van der Waals surface area contributed by atoms with Crippen molar-refractivity contribution in [3.05, 3.63) is 15.3 Å². The molecule has 0 spiro atoms. The molecular weight excluding hydrogens is 180 g/mol. The minimum absolute atomic E-state index is 0.0212. The van der Waals surface area contributed by atoms with Crippen LogP contribution in [0.25, 0.3) is 0 Å². The van der Waals surface area contributed by atoms with Crippen LogP contribution in [0.2, 0.25) is 0 Å². The summed E-state index contributed by atoms with van der Waals surface area (Å²) in [6, 6.07) is 0. The molecule has 0 heterocycles. The molecule has 0 aliphatic carbocycles. The molecule has 0 aliphatic rings. The lowest BCUT2D eigenvalue weighted by molar-refractivity contribution is -0.480. The predicted molar refractivity (Wildman–Crippen MR) is 44.2 cm³/mol. The predicted octanol–water partition coefficient (Wildman–Crippen LogP) is 0.457. The summed E-state index contributed by atoms with van der Waals surface area (Å²) in [6.45, 7) is -0.217. The van der Waals surface area contributed by atoms with E-state index in [0.717, 1.165) is 0 Å². The molecule has 0 radical (unpaired) electrons. The van der Waals surface area contributed by atoms with Crippen molar-refractivity contribution in [2.45, 2.75) is 19.3 Å². The van der Waals surface area contributed by atoms with E-state index < -0.39 is 16.6 Å². The minimum Gasteiger partial charge on any atom is -0.792 e. The molecule has 13 heavy (non-hydrogen) atoms. The van der Waals surface area contributed by atoms with Crippen LogP contribution in [0, 0.1) is 15.3 Å². The summed E-state index contributed by atoms with van der Waals surface area (Å²) in [5, 5.41) is 30.3. The van der Waals surface area contributed by atoms with Crippen molar-refractivity contribution >= 4 is 11.7 Å². The van der Waals surface area contributed by atoms with Crippen molar-refractivity contribution in [2.24, 2.45) is 5.16 Å². The van der Waals surface area contributed by atoms with Crippen LogP contribution < -0.4 is 0 Å². The largest absolute Gasteiger partial charge is 0.792 e. The number of unbranched alkanes of at least 4 members (excludes halogenated alkanes) is 1. The Labute approximate surface area is 73.8 Å². The van der Waals surface area contributed by atoms with Gasteiger partial charge >= 0.3 is 5.97 Å². The van der Waals surface area contributed by atoms with E-state index in [0.29, 0.717) is 0 Å². The Kier molecular flexibility index (Phi) is 5.17. The number of nitrogens with zero attached hydrogens (tertiary/aromatic N) is 2. The maximum atomic E-state index is 10.2. The second-order valence-corrected chi connectivity index (χ2v) is 2.36. The zero-order valence-electron chi connectivity index (χ0n) is 6.80. The number of hydrogen-bond acceptors (Lipinski definition) is 5. The van der Waals surface area contributed by atoms with Crippen LogP contribution in [-0.4, -0.2) is 28.3 Å². The minimum atomic E-state index is -1.36. The molecule has 0 saturated carbocycles. The first kappa shape index (κ1) is 11.3. The van der Waals surface area contributed by atoms with Crippen LogP contribution in [-0.2, 0) is 4.79 Å². The maximum absolute atomic E-state index is 10.2. The highest BCUT2D eigenvalue weighted by molar-refractivity contribution is 6.35. The fourth-order valence-electron chi connectivity index (χ4n) is 0.725. The molecule has 0 rings (SSSR count). The SMILES string of the molecule is O=C(O)/C(CCCC[N+](=O)[O-])=N\[O-]. The van der Waals surface area contributed by atoms with Gasteiger partial charge in [-0.05, 0) is 12.8 Å². The molecule has 1 N–H and O–H groups in total. The second kappa shape index (κ2) is 5.92. The Bertz CT molecular complexity index is 225. The number of aliphatic carboxylic acids is 1. The molecule has 0 bridgehead atoms. The summed E-state index contributed by atoms with van der Waals surface area (Å²) in [4.78, 5) is 19.5. The first-order valence-corrected chi connectivity index (χ1v) is 3.62. The first-order valence-electron chi connectivity index (χ1n) is 3.62. The van der Waals surface area contributed by atoms with Crippen LogP contribution in [0.5, 0.6) is 0 Å². The molecule has 0 saturated heterocycles. The van der Waals surface area contributed by atoms with Gasteiger partial charge in [-0.1, -0.05) is 0 Å². The van der Waals surface area contributed by atoms with E-state index in [4.69, 9.17) is 5.11 Å². The topological polar surface area (TPSA) is 116 Å². The molecule has 74 valence electrons. The van der Waals surface area contributed by atoms with Gasteiger partial charge in [0.2, 0.25) is 6.54 Å². The first-order chi connectivity index (χ1) is 6.07. The van der Waals surface area contributed by atoms with Crippen LogP contribution >= 0.6 is 0 Å². The van der Waals surface area contributed by atoms with Gasteiger partial charge in [0, 0.05) is 11.3 Å². The van der Waals surface area contributed by atoms with Crippen LogP contribution in [0.15, 0.2) is 5.16 Å². The second-order valence-electron chi connectivity index (χ2n) is 2.36. The summed E-state index contributed by atoms with van der Waals surface area (Å²) in [5.74, 6) is -1.36. The highest BCUT2D eigenvalue weighted by Gasteiger charge is 2.07. The van der Waals surface area contributed by atoms with Gasteiger partial charge in [0.25, 0.3) is 0 Å². The van der Waals surface area contributed by atoms with E-state index in [-0.39, 0.29) is 25.8 Å². The standard InChI is InChI=1S/C6H10N2O5/c9-6(10)5(7-11)3-1-2-4-8(12)13/h11H,1-4H2,(H,9,10)/p-1/b7-5-. The zero-order valence-corrected chi connectivity index (χ0v) is 6.80. The van der Waals surface area contributed by atoms with Gasteiger partial charge in [-0.15, -0.1) is 0 Å². The molecule has 0 unspecified atom stereocenters. The Balaban J connectivity index is 3.63. The van der Waals surface area contributed by atoms with Crippen molar-refractivity contribution in [2.75, 3.05) is 6.54 Å². The van der Waals surface area contributed by atoms with E-state index in [1.54, 1.807) is 0 Å². The average molecular weight is 189 g/mol. The smallest absolute Gasteiger partial charge is 0.349 e. The lowest BCUT2D eigenvalue weighted by atomic mass is 10.2. The lowest BCUT2D eigenvalue weighted by Crippen LogP contribution is -2.13. The highest BCUT2D eigenvalue weighted by Crippen LogP contribution is 1.98. The molecular formula is C6H9N2O5-. The molecule has 0 atom stereocenters.